The van der Waals surface area contributed by atoms with Crippen LogP contribution in [-0.4, -0.2) is 37.4 Å². The van der Waals surface area contributed by atoms with E-state index in [-0.39, 0.29) is 5.91 Å². The molecule has 0 unspecified atom stereocenters. The highest BCUT2D eigenvalue weighted by atomic mass is 16.5. The molecule has 0 saturated heterocycles. The van der Waals surface area contributed by atoms with E-state index in [1.807, 2.05) is 20.8 Å². The molecule has 3 heterocycles. The Hall–Kier alpha value is -3.03. The fourth-order valence-electron chi connectivity index (χ4n) is 2.38. The van der Waals surface area contributed by atoms with Gasteiger partial charge in [-0.25, -0.2) is 9.67 Å². The van der Waals surface area contributed by atoms with Crippen LogP contribution in [0.2, 0.25) is 0 Å². The van der Waals surface area contributed by atoms with Crippen molar-refractivity contribution >= 4 is 5.91 Å². The standard InChI is InChI=1S/C17H20N6O2/c1-4-7-19-16(24)13-10-20-23(11(13)3)15-9-12(6-8-18-15)17-21-14(5-2)22-25-17/h6,8-10H,4-5,7H2,1-3H3,(H,19,24). The van der Waals surface area contributed by atoms with Crippen LogP contribution in [0.3, 0.4) is 0 Å². The van der Waals surface area contributed by atoms with Crippen molar-refractivity contribution in [2.24, 2.45) is 0 Å². The molecule has 0 atom stereocenters. The number of aryl methyl sites for hydroxylation is 1. The highest BCUT2D eigenvalue weighted by Crippen LogP contribution is 2.20. The van der Waals surface area contributed by atoms with E-state index in [1.165, 1.54) is 0 Å². The lowest BCUT2D eigenvalue weighted by Crippen LogP contribution is -2.24. The zero-order valence-corrected chi connectivity index (χ0v) is 14.5. The predicted octanol–water partition coefficient (Wildman–Crippen LogP) is 2.33. The van der Waals surface area contributed by atoms with E-state index in [0.717, 1.165) is 17.7 Å². The maximum atomic E-state index is 12.2. The summed E-state index contributed by atoms with van der Waals surface area (Å²) in [4.78, 5) is 20.8. The third-order valence-electron chi connectivity index (χ3n) is 3.78. The number of nitrogens with zero attached hydrogens (tertiary/aromatic N) is 5. The van der Waals surface area contributed by atoms with Gasteiger partial charge in [-0.2, -0.15) is 10.1 Å². The first-order valence-corrected chi connectivity index (χ1v) is 8.26. The minimum atomic E-state index is -0.133. The number of rotatable bonds is 6. The number of carbonyl (C=O) groups excluding carboxylic acids is 1. The summed E-state index contributed by atoms with van der Waals surface area (Å²) in [6, 6.07) is 3.60. The molecule has 8 nitrogen and oxygen atoms in total. The van der Waals surface area contributed by atoms with Crippen LogP contribution in [0.1, 0.15) is 42.1 Å². The van der Waals surface area contributed by atoms with Gasteiger partial charge in [-0.05, 0) is 25.5 Å². The highest BCUT2D eigenvalue weighted by molar-refractivity contribution is 5.95. The molecule has 130 valence electrons. The molecule has 8 heteroatoms. The Morgan fingerprint density at radius 3 is 2.92 bits per heavy atom. The number of carbonyl (C=O) groups is 1. The van der Waals surface area contributed by atoms with E-state index in [2.05, 4.69) is 25.5 Å². The van der Waals surface area contributed by atoms with Gasteiger partial charge in [-0.15, -0.1) is 0 Å². The van der Waals surface area contributed by atoms with Crippen LogP contribution < -0.4 is 5.32 Å². The van der Waals surface area contributed by atoms with Crippen LogP contribution >= 0.6 is 0 Å². The molecular weight excluding hydrogens is 320 g/mol. The van der Waals surface area contributed by atoms with Crippen LogP contribution in [0.4, 0.5) is 0 Å². The summed E-state index contributed by atoms with van der Waals surface area (Å²) >= 11 is 0. The zero-order valence-electron chi connectivity index (χ0n) is 14.5. The molecule has 0 aliphatic heterocycles. The Kier molecular flexibility index (Phi) is 4.87. The minimum Gasteiger partial charge on any atom is -0.352 e. The van der Waals surface area contributed by atoms with Crippen molar-refractivity contribution in [2.45, 2.75) is 33.6 Å². The van der Waals surface area contributed by atoms with Gasteiger partial charge in [0.15, 0.2) is 11.6 Å². The summed E-state index contributed by atoms with van der Waals surface area (Å²) in [6.07, 6.45) is 4.79. The summed E-state index contributed by atoms with van der Waals surface area (Å²) in [5.74, 6) is 1.54. The predicted molar refractivity (Wildman–Crippen MR) is 91.4 cm³/mol. The van der Waals surface area contributed by atoms with Crippen molar-refractivity contribution < 1.29 is 9.32 Å². The Morgan fingerprint density at radius 2 is 2.20 bits per heavy atom. The Balaban J connectivity index is 1.91. The van der Waals surface area contributed by atoms with E-state index in [1.54, 1.807) is 29.2 Å². The van der Waals surface area contributed by atoms with Gasteiger partial charge in [0.2, 0.25) is 0 Å². The average Bonchev–Trinajstić information content (AvgIpc) is 3.26. The molecule has 0 aliphatic carbocycles. The molecule has 0 fully saturated rings. The van der Waals surface area contributed by atoms with Gasteiger partial charge in [0.25, 0.3) is 11.8 Å². The lowest BCUT2D eigenvalue weighted by molar-refractivity contribution is 0.0953. The summed E-state index contributed by atoms with van der Waals surface area (Å²) in [6.45, 7) is 6.44. The maximum Gasteiger partial charge on any atom is 0.258 e. The van der Waals surface area contributed by atoms with Gasteiger partial charge in [-0.3, -0.25) is 4.79 Å². The second-order valence-corrected chi connectivity index (χ2v) is 5.58. The second kappa shape index (κ2) is 7.25. The fraction of sp³-hybridized carbons (Fsp3) is 0.353. The second-order valence-electron chi connectivity index (χ2n) is 5.58. The molecule has 3 aromatic rings. The van der Waals surface area contributed by atoms with Crippen LogP contribution in [-0.2, 0) is 6.42 Å². The van der Waals surface area contributed by atoms with Gasteiger partial charge in [-0.1, -0.05) is 19.0 Å². The van der Waals surface area contributed by atoms with E-state index in [0.29, 0.717) is 36.1 Å². The van der Waals surface area contributed by atoms with Gasteiger partial charge >= 0.3 is 0 Å². The Bertz CT molecular complexity index is 883. The van der Waals surface area contributed by atoms with E-state index in [4.69, 9.17) is 4.52 Å². The molecule has 0 spiro atoms. The lowest BCUT2D eigenvalue weighted by atomic mass is 10.2. The van der Waals surface area contributed by atoms with Crippen LogP contribution in [0.25, 0.3) is 17.3 Å². The van der Waals surface area contributed by atoms with E-state index >= 15 is 0 Å². The number of amides is 1. The van der Waals surface area contributed by atoms with Crippen molar-refractivity contribution in [1.29, 1.82) is 0 Å². The monoisotopic (exact) mass is 340 g/mol. The molecule has 0 radical (unpaired) electrons. The molecular formula is C17H20N6O2. The third kappa shape index (κ3) is 3.42. The zero-order chi connectivity index (χ0) is 17.8. The first-order chi connectivity index (χ1) is 12.1. The van der Waals surface area contributed by atoms with Gasteiger partial charge in [0, 0.05) is 24.7 Å². The molecule has 3 aromatic heterocycles. The Labute approximate surface area is 145 Å². The number of aromatic nitrogens is 5. The van der Waals surface area contributed by atoms with Crippen molar-refractivity contribution in [2.75, 3.05) is 6.54 Å². The first-order valence-electron chi connectivity index (χ1n) is 8.26. The lowest BCUT2D eigenvalue weighted by Gasteiger charge is -2.06. The topological polar surface area (TPSA) is 98.7 Å². The minimum absolute atomic E-state index is 0.133. The molecule has 0 saturated carbocycles. The van der Waals surface area contributed by atoms with Crippen molar-refractivity contribution in [1.82, 2.24) is 30.2 Å². The highest BCUT2D eigenvalue weighted by Gasteiger charge is 2.16. The summed E-state index contributed by atoms with van der Waals surface area (Å²) in [5.41, 5.74) is 2.01. The molecule has 1 amide bonds. The third-order valence-corrected chi connectivity index (χ3v) is 3.78. The van der Waals surface area contributed by atoms with E-state index < -0.39 is 0 Å². The van der Waals surface area contributed by atoms with Crippen molar-refractivity contribution in [3.05, 3.63) is 41.6 Å². The van der Waals surface area contributed by atoms with Crippen LogP contribution in [0.5, 0.6) is 0 Å². The maximum absolute atomic E-state index is 12.2. The van der Waals surface area contributed by atoms with Crippen LogP contribution in [0.15, 0.2) is 29.0 Å². The summed E-state index contributed by atoms with van der Waals surface area (Å²) < 4.78 is 6.89. The fourth-order valence-corrected chi connectivity index (χ4v) is 2.38. The van der Waals surface area contributed by atoms with Gasteiger partial charge < -0.3 is 9.84 Å². The van der Waals surface area contributed by atoms with Gasteiger partial charge in [0.1, 0.15) is 0 Å². The molecule has 0 aliphatic rings. The number of nitrogens with one attached hydrogen (secondary N) is 1. The van der Waals surface area contributed by atoms with Gasteiger partial charge in [0.05, 0.1) is 17.5 Å². The summed E-state index contributed by atoms with van der Waals surface area (Å²) in [5, 5.41) is 11.1. The summed E-state index contributed by atoms with van der Waals surface area (Å²) in [7, 11) is 0. The van der Waals surface area contributed by atoms with E-state index in [9.17, 15) is 4.79 Å². The molecule has 0 bridgehead atoms. The quantitative estimate of drug-likeness (QED) is 0.739. The number of hydrogen-bond donors (Lipinski definition) is 1. The number of pyridine rings is 1. The van der Waals surface area contributed by atoms with Crippen molar-refractivity contribution in [3.63, 3.8) is 0 Å². The average molecular weight is 340 g/mol. The van der Waals surface area contributed by atoms with Crippen LogP contribution in [0, 0.1) is 6.92 Å². The normalized spacial score (nSPS) is 10.8. The Morgan fingerprint density at radius 1 is 1.36 bits per heavy atom. The largest absolute Gasteiger partial charge is 0.352 e. The smallest absolute Gasteiger partial charge is 0.258 e. The molecule has 1 N–H and O–H groups in total. The molecule has 25 heavy (non-hydrogen) atoms. The molecule has 3 rings (SSSR count). The first kappa shape index (κ1) is 16.8. The number of hydrogen-bond acceptors (Lipinski definition) is 6. The SMILES string of the molecule is CCCNC(=O)c1cnn(-c2cc(-c3nc(CC)no3)ccn2)c1C. The molecule has 0 aromatic carbocycles. The van der Waals surface area contributed by atoms with Crippen molar-refractivity contribution in [3.8, 4) is 17.3 Å².